The second-order valence-electron chi connectivity index (χ2n) is 5.32. The smallest absolute Gasteiger partial charge is 0.337 e. The maximum Gasteiger partial charge on any atom is 0.337 e. The average molecular weight is 360 g/mol. The predicted molar refractivity (Wildman–Crippen MR) is 92.9 cm³/mol. The SMILES string of the molecule is C=C1NC(=O)NC(C(=O)NCCCOc2cccc(C(=O)OC)c2)=C1N. The molecular weight excluding hydrogens is 340 g/mol. The number of carbonyl (C=O) groups is 3. The summed E-state index contributed by atoms with van der Waals surface area (Å²) in [4.78, 5) is 34.9. The summed E-state index contributed by atoms with van der Waals surface area (Å²) in [6.07, 6.45) is 0.508. The van der Waals surface area contributed by atoms with Gasteiger partial charge in [-0.3, -0.25) is 4.79 Å². The Morgan fingerprint density at radius 2 is 2.08 bits per heavy atom. The fourth-order valence-electron chi connectivity index (χ4n) is 2.13. The number of esters is 1. The van der Waals surface area contributed by atoms with E-state index in [4.69, 9.17) is 10.5 Å². The average Bonchev–Trinajstić information content (AvgIpc) is 2.63. The minimum Gasteiger partial charge on any atom is -0.494 e. The molecule has 9 heteroatoms. The van der Waals surface area contributed by atoms with Gasteiger partial charge < -0.3 is 31.2 Å². The number of methoxy groups -OCH3 is 1. The van der Waals surface area contributed by atoms with Crippen LogP contribution in [-0.4, -0.2) is 38.2 Å². The summed E-state index contributed by atoms with van der Waals surface area (Å²) in [6, 6.07) is 6.03. The number of amides is 3. The summed E-state index contributed by atoms with van der Waals surface area (Å²) in [5.74, 6) is -0.432. The fourth-order valence-corrected chi connectivity index (χ4v) is 2.13. The molecule has 1 aromatic carbocycles. The normalized spacial score (nSPS) is 13.6. The van der Waals surface area contributed by atoms with Crippen molar-refractivity contribution < 1.29 is 23.9 Å². The highest BCUT2D eigenvalue weighted by Crippen LogP contribution is 2.14. The minimum absolute atomic E-state index is 0.0366. The van der Waals surface area contributed by atoms with Crippen LogP contribution in [0.25, 0.3) is 0 Å². The van der Waals surface area contributed by atoms with E-state index in [9.17, 15) is 14.4 Å². The first-order valence-electron chi connectivity index (χ1n) is 7.78. The molecule has 0 atom stereocenters. The van der Waals surface area contributed by atoms with Crippen molar-refractivity contribution >= 4 is 17.9 Å². The highest BCUT2D eigenvalue weighted by Gasteiger charge is 2.23. The molecule has 0 aliphatic carbocycles. The third kappa shape index (κ3) is 4.76. The Hall–Kier alpha value is -3.49. The molecule has 0 saturated heterocycles. The molecule has 9 nitrogen and oxygen atoms in total. The number of nitrogens with one attached hydrogen (secondary N) is 3. The molecule has 138 valence electrons. The van der Waals surface area contributed by atoms with Crippen LogP contribution in [-0.2, 0) is 9.53 Å². The number of urea groups is 1. The zero-order valence-electron chi connectivity index (χ0n) is 14.3. The molecule has 0 aromatic heterocycles. The van der Waals surface area contributed by atoms with E-state index < -0.39 is 17.9 Å². The summed E-state index contributed by atoms with van der Waals surface area (Å²) in [5.41, 5.74) is 6.33. The van der Waals surface area contributed by atoms with Gasteiger partial charge in [0.15, 0.2) is 0 Å². The van der Waals surface area contributed by atoms with Crippen LogP contribution in [0.2, 0.25) is 0 Å². The van der Waals surface area contributed by atoms with Crippen LogP contribution in [0, 0.1) is 0 Å². The first-order valence-corrected chi connectivity index (χ1v) is 7.78. The van der Waals surface area contributed by atoms with Gasteiger partial charge in [0.25, 0.3) is 5.91 Å². The van der Waals surface area contributed by atoms with Crippen molar-refractivity contribution in [3.63, 3.8) is 0 Å². The molecule has 26 heavy (non-hydrogen) atoms. The Morgan fingerprint density at radius 1 is 1.31 bits per heavy atom. The zero-order chi connectivity index (χ0) is 19.1. The number of carbonyl (C=O) groups excluding carboxylic acids is 3. The van der Waals surface area contributed by atoms with E-state index in [1.54, 1.807) is 24.3 Å². The van der Waals surface area contributed by atoms with E-state index in [0.717, 1.165) is 0 Å². The Bertz CT molecular complexity index is 772. The van der Waals surface area contributed by atoms with Crippen molar-refractivity contribution in [1.82, 2.24) is 16.0 Å². The lowest BCUT2D eigenvalue weighted by atomic mass is 10.2. The number of benzene rings is 1. The molecule has 0 bridgehead atoms. The maximum atomic E-state index is 12.1. The van der Waals surface area contributed by atoms with Crippen molar-refractivity contribution in [3.8, 4) is 5.75 Å². The summed E-state index contributed by atoms with van der Waals surface area (Å²) in [6.45, 7) is 4.19. The monoisotopic (exact) mass is 360 g/mol. The molecule has 0 spiro atoms. The fraction of sp³-hybridized carbons (Fsp3) is 0.235. The first kappa shape index (κ1) is 18.8. The van der Waals surface area contributed by atoms with Crippen molar-refractivity contribution in [2.24, 2.45) is 5.73 Å². The molecule has 0 unspecified atom stereocenters. The van der Waals surface area contributed by atoms with Gasteiger partial charge in [0.1, 0.15) is 11.4 Å². The van der Waals surface area contributed by atoms with Gasteiger partial charge in [-0.2, -0.15) is 0 Å². The van der Waals surface area contributed by atoms with Crippen molar-refractivity contribution in [1.29, 1.82) is 0 Å². The maximum absolute atomic E-state index is 12.1. The number of rotatable bonds is 7. The highest BCUT2D eigenvalue weighted by molar-refractivity contribution is 6.00. The molecule has 1 aliphatic rings. The van der Waals surface area contributed by atoms with Gasteiger partial charge in [0, 0.05) is 6.54 Å². The Kier molecular flexibility index (Phi) is 6.20. The van der Waals surface area contributed by atoms with Crippen LogP contribution in [0.4, 0.5) is 4.79 Å². The van der Waals surface area contributed by atoms with E-state index >= 15 is 0 Å². The van der Waals surface area contributed by atoms with Crippen LogP contribution in [0.5, 0.6) is 5.75 Å². The molecule has 2 rings (SSSR count). The van der Waals surface area contributed by atoms with Gasteiger partial charge in [0.2, 0.25) is 0 Å². The number of hydrogen-bond acceptors (Lipinski definition) is 6. The summed E-state index contributed by atoms with van der Waals surface area (Å²) < 4.78 is 10.2. The quantitative estimate of drug-likeness (QED) is 0.410. The third-order valence-electron chi connectivity index (χ3n) is 3.46. The van der Waals surface area contributed by atoms with Crippen molar-refractivity contribution in [3.05, 3.63) is 53.5 Å². The first-order chi connectivity index (χ1) is 12.4. The van der Waals surface area contributed by atoms with Crippen molar-refractivity contribution in [2.45, 2.75) is 6.42 Å². The summed E-state index contributed by atoms with van der Waals surface area (Å²) >= 11 is 0. The highest BCUT2D eigenvalue weighted by atomic mass is 16.5. The number of nitrogens with two attached hydrogens (primary N) is 1. The number of ether oxygens (including phenoxy) is 2. The lowest BCUT2D eigenvalue weighted by Crippen LogP contribution is -2.47. The molecule has 0 fully saturated rings. The van der Waals surface area contributed by atoms with Crippen LogP contribution in [0.3, 0.4) is 0 Å². The second kappa shape index (κ2) is 8.56. The molecule has 3 amide bonds. The molecule has 0 saturated carbocycles. The zero-order valence-corrected chi connectivity index (χ0v) is 14.3. The van der Waals surface area contributed by atoms with E-state index in [1.165, 1.54) is 7.11 Å². The lowest BCUT2D eigenvalue weighted by molar-refractivity contribution is -0.117. The molecule has 1 aromatic rings. The summed E-state index contributed by atoms with van der Waals surface area (Å²) in [7, 11) is 1.31. The predicted octanol–water partition coefficient (Wildman–Crippen LogP) is 0.355. The Balaban J connectivity index is 1.78. The van der Waals surface area contributed by atoms with E-state index in [1.807, 2.05) is 0 Å². The number of hydrogen-bond donors (Lipinski definition) is 4. The van der Waals surface area contributed by atoms with Gasteiger partial charge in [-0.05, 0) is 24.6 Å². The Morgan fingerprint density at radius 3 is 2.81 bits per heavy atom. The third-order valence-corrected chi connectivity index (χ3v) is 3.46. The van der Waals surface area contributed by atoms with Crippen molar-refractivity contribution in [2.75, 3.05) is 20.3 Å². The molecule has 1 heterocycles. The van der Waals surface area contributed by atoms with Gasteiger partial charge in [0.05, 0.1) is 30.7 Å². The summed E-state index contributed by atoms with van der Waals surface area (Å²) in [5, 5.41) is 7.34. The Labute approximate surface area is 150 Å². The van der Waals surface area contributed by atoms with Gasteiger partial charge in [-0.15, -0.1) is 0 Å². The molecule has 1 aliphatic heterocycles. The molecular formula is C17H20N4O5. The van der Waals surface area contributed by atoms with Crippen LogP contribution in [0.15, 0.2) is 47.9 Å². The van der Waals surface area contributed by atoms with E-state index in [-0.39, 0.29) is 17.1 Å². The largest absolute Gasteiger partial charge is 0.494 e. The molecule has 0 radical (unpaired) electrons. The topological polar surface area (TPSA) is 132 Å². The standard InChI is InChI=1S/C17H20N4O5/c1-10-13(18)14(21-17(24)20-10)15(22)19-7-4-8-26-12-6-3-5-11(9-12)16(23)25-2/h3,5-6,9H,1,4,7-8,18H2,2H3,(H,19,22)(H2,20,21,24). The molecule has 5 N–H and O–H groups in total. The van der Waals surface area contributed by atoms with Crippen LogP contribution in [0.1, 0.15) is 16.8 Å². The lowest BCUT2D eigenvalue weighted by Gasteiger charge is -2.20. The van der Waals surface area contributed by atoms with Gasteiger partial charge in [-0.25, -0.2) is 9.59 Å². The van der Waals surface area contributed by atoms with E-state index in [0.29, 0.717) is 30.9 Å². The van der Waals surface area contributed by atoms with Gasteiger partial charge in [-0.1, -0.05) is 12.6 Å². The van der Waals surface area contributed by atoms with Gasteiger partial charge >= 0.3 is 12.0 Å². The van der Waals surface area contributed by atoms with E-state index in [2.05, 4.69) is 27.3 Å². The van der Waals surface area contributed by atoms with Crippen LogP contribution >= 0.6 is 0 Å². The minimum atomic E-state index is -0.567. The van der Waals surface area contributed by atoms with Crippen LogP contribution < -0.4 is 26.4 Å². The second-order valence-corrected chi connectivity index (χ2v) is 5.32.